The van der Waals surface area contributed by atoms with Crippen LogP contribution < -0.4 is 26.6 Å². The van der Waals surface area contributed by atoms with Gasteiger partial charge in [0.15, 0.2) is 11.3 Å². The van der Waals surface area contributed by atoms with E-state index in [2.05, 4.69) is 36.6 Å². The number of aromatic nitrogens is 4. The molecule has 0 bridgehead atoms. The number of imidazole rings is 1. The van der Waals surface area contributed by atoms with E-state index in [0.717, 1.165) is 63.6 Å². The minimum atomic E-state index is -0.338. The van der Waals surface area contributed by atoms with E-state index in [1.54, 1.807) is 16.6 Å². The minimum absolute atomic E-state index is 0.0451. The minimum Gasteiger partial charge on any atom is -0.379 e. The fraction of sp³-hybridized carbons (Fsp3) is 0.500. The van der Waals surface area contributed by atoms with Crippen LogP contribution >= 0.6 is 11.6 Å². The molecular weight excluding hydrogens is 506 g/mol. The van der Waals surface area contributed by atoms with Gasteiger partial charge in [-0.1, -0.05) is 11.6 Å². The van der Waals surface area contributed by atoms with E-state index in [1.165, 1.54) is 12.4 Å². The Hall–Kier alpha value is -3.44. The molecule has 11 nitrogen and oxygen atoms in total. The molecule has 4 heterocycles. The number of carbonyl (C=O) groups is 2. The first kappa shape index (κ1) is 24.9. The first-order valence-corrected chi connectivity index (χ1v) is 13.8. The lowest BCUT2D eigenvalue weighted by molar-refractivity contribution is -0.123. The number of halogens is 1. The standard InChI is InChI=1S/C26H32ClN9O2/c27-22-12-18(9-11-29-22)34-26(38)21-14-30-24-20(31-15-3-4-15)13-23(35-36(21)24)32-16-5-7-17(8-6-16)33-25(37)19-2-1-10-28-19/h9,11-17,19,28,31H,1-8,10H2,(H,32,35)(H,33,37)(H,29,34,38)/t16-,17-,19-/m1/s1. The summed E-state index contributed by atoms with van der Waals surface area (Å²) < 4.78 is 1.59. The van der Waals surface area contributed by atoms with Gasteiger partial charge in [0.25, 0.3) is 5.91 Å². The number of hydrogen-bond acceptors (Lipinski definition) is 8. The molecule has 3 aromatic rings. The van der Waals surface area contributed by atoms with E-state index in [4.69, 9.17) is 16.7 Å². The van der Waals surface area contributed by atoms with Crippen LogP contribution in [0.5, 0.6) is 0 Å². The van der Waals surface area contributed by atoms with Crippen molar-refractivity contribution in [1.29, 1.82) is 0 Å². The van der Waals surface area contributed by atoms with E-state index in [-0.39, 0.29) is 29.9 Å². The third-order valence-electron chi connectivity index (χ3n) is 7.42. The molecular formula is C26H32ClN9O2. The Kier molecular flexibility index (Phi) is 7.03. The Morgan fingerprint density at radius 1 is 0.974 bits per heavy atom. The van der Waals surface area contributed by atoms with E-state index < -0.39 is 0 Å². The normalized spacial score (nSPS) is 23.2. The lowest BCUT2D eigenvalue weighted by Gasteiger charge is -2.30. The zero-order valence-electron chi connectivity index (χ0n) is 21.0. The number of pyridine rings is 1. The van der Waals surface area contributed by atoms with Crippen molar-refractivity contribution >= 4 is 46.3 Å². The number of hydrogen-bond donors (Lipinski definition) is 5. The van der Waals surface area contributed by atoms with Crippen molar-refractivity contribution in [2.45, 2.75) is 75.5 Å². The number of nitrogens with zero attached hydrogens (tertiary/aromatic N) is 4. The predicted octanol–water partition coefficient (Wildman–Crippen LogP) is 3.20. The molecule has 2 saturated carbocycles. The van der Waals surface area contributed by atoms with Gasteiger partial charge in [0.05, 0.1) is 17.9 Å². The lowest BCUT2D eigenvalue weighted by atomic mass is 9.91. The molecule has 0 unspecified atom stereocenters. The van der Waals surface area contributed by atoms with Crippen LogP contribution in [0.3, 0.4) is 0 Å². The molecule has 1 aliphatic heterocycles. The molecule has 3 aliphatic rings. The van der Waals surface area contributed by atoms with Crippen LogP contribution in [0.15, 0.2) is 30.6 Å². The summed E-state index contributed by atoms with van der Waals surface area (Å²) in [6.45, 7) is 0.919. The van der Waals surface area contributed by atoms with E-state index in [0.29, 0.717) is 34.0 Å². The van der Waals surface area contributed by atoms with Gasteiger partial charge in [0.1, 0.15) is 11.0 Å². The smallest absolute Gasteiger partial charge is 0.276 e. The number of rotatable bonds is 8. The van der Waals surface area contributed by atoms with Crippen LogP contribution in [0.2, 0.25) is 5.15 Å². The van der Waals surface area contributed by atoms with Crippen LogP contribution in [-0.4, -0.2) is 62.1 Å². The van der Waals surface area contributed by atoms with Crippen LogP contribution in [0.1, 0.15) is 61.9 Å². The van der Waals surface area contributed by atoms with Crippen molar-refractivity contribution in [1.82, 2.24) is 30.2 Å². The summed E-state index contributed by atoms with van der Waals surface area (Å²) in [7, 11) is 0. The highest BCUT2D eigenvalue weighted by atomic mass is 35.5. The van der Waals surface area contributed by atoms with E-state index in [9.17, 15) is 9.59 Å². The van der Waals surface area contributed by atoms with E-state index in [1.807, 2.05) is 6.07 Å². The second kappa shape index (κ2) is 10.7. The van der Waals surface area contributed by atoms with Crippen molar-refractivity contribution in [3.63, 3.8) is 0 Å². The maximum Gasteiger partial charge on any atom is 0.276 e. The van der Waals surface area contributed by atoms with Crippen LogP contribution in [0.25, 0.3) is 5.65 Å². The van der Waals surface area contributed by atoms with Crippen molar-refractivity contribution in [3.05, 3.63) is 41.4 Å². The first-order valence-electron chi connectivity index (χ1n) is 13.4. The average molecular weight is 538 g/mol. The zero-order chi connectivity index (χ0) is 26.1. The predicted molar refractivity (Wildman–Crippen MR) is 146 cm³/mol. The third kappa shape index (κ3) is 5.68. The molecule has 5 N–H and O–H groups in total. The largest absolute Gasteiger partial charge is 0.379 e. The SMILES string of the molecule is O=C(Nc1ccnc(Cl)c1)c1cnc2c(NC3CC3)cc(N[C@H]3CC[C@H](NC(=O)[C@H]4CCCN4)CC3)nn12. The fourth-order valence-electron chi connectivity index (χ4n) is 5.22. The Morgan fingerprint density at radius 3 is 2.47 bits per heavy atom. The summed E-state index contributed by atoms with van der Waals surface area (Å²) in [5, 5.41) is 21.5. The quantitative estimate of drug-likeness (QED) is 0.276. The molecule has 2 amide bonds. The lowest BCUT2D eigenvalue weighted by Crippen LogP contribution is -2.47. The van der Waals surface area contributed by atoms with Crippen LogP contribution in [0, 0.1) is 0 Å². The van der Waals surface area contributed by atoms with Gasteiger partial charge < -0.3 is 26.6 Å². The Bertz CT molecular complexity index is 1330. The third-order valence-corrected chi connectivity index (χ3v) is 7.63. The second-order valence-corrected chi connectivity index (χ2v) is 10.8. The Balaban J connectivity index is 1.16. The summed E-state index contributed by atoms with van der Waals surface area (Å²) in [4.78, 5) is 34.0. The number of anilines is 3. The highest BCUT2D eigenvalue weighted by molar-refractivity contribution is 6.29. The fourth-order valence-corrected chi connectivity index (χ4v) is 5.40. The molecule has 1 atom stereocenters. The number of amides is 2. The number of carbonyl (C=O) groups excluding carboxylic acids is 2. The highest BCUT2D eigenvalue weighted by Crippen LogP contribution is 2.30. The molecule has 3 fully saturated rings. The van der Waals surface area contributed by atoms with E-state index >= 15 is 0 Å². The molecule has 3 aromatic heterocycles. The number of nitrogens with one attached hydrogen (secondary N) is 5. The maximum absolute atomic E-state index is 13.1. The second-order valence-electron chi connectivity index (χ2n) is 10.4. The molecule has 0 radical (unpaired) electrons. The average Bonchev–Trinajstić information content (AvgIpc) is 3.36. The van der Waals surface area contributed by atoms with Gasteiger partial charge in [-0.2, -0.15) is 0 Å². The van der Waals surface area contributed by atoms with Gasteiger partial charge in [-0.25, -0.2) is 14.5 Å². The molecule has 0 spiro atoms. The zero-order valence-corrected chi connectivity index (χ0v) is 21.8. The van der Waals surface area contributed by atoms with Gasteiger partial charge in [0, 0.05) is 36.1 Å². The summed E-state index contributed by atoms with van der Waals surface area (Å²) in [6, 6.07) is 6.04. The van der Waals surface area contributed by atoms with Gasteiger partial charge in [-0.15, -0.1) is 5.10 Å². The van der Waals surface area contributed by atoms with Gasteiger partial charge >= 0.3 is 0 Å². The summed E-state index contributed by atoms with van der Waals surface area (Å²) in [5.41, 5.74) is 2.32. The van der Waals surface area contributed by atoms with Crippen LogP contribution in [0.4, 0.5) is 17.2 Å². The van der Waals surface area contributed by atoms with Gasteiger partial charge in [0.2, 0.25) is 5.91 Å². The molecule has 12 heteroatoms. The highest BCUT2D eigenvalue weighted by Gasteiger charge is 2.28. The Morgan fingerprint density at radius 2 is 1.74 bits per heavy atom. The van der Waals surface area contributed by atoms with Crippen molar-refractivity contribution in [3.8, 4) is 0 Å². The van der Waals surface area contributed by atoms with Gasteiger partial charge in [-0.3, -0.25) is 9.59 Å². The summed E-state index contributed by atoms with van der Waals surface area (Å²) in [6.07, 6.45) is 11.0. The molecule has 200 valence electrons. The topological polar surface area (TPSA) is 137 Å². The monoisotopic (exact) mass is 537 g/mol. The van der Waals surface area contributed by atoms with Crippen molar-refractivity contribution in [2.24, 2.45) is 0 Å². The van der Waals surface area contributed by atoms with Crippen molar-refractivity contribution in [2.75, 3.05) is 22.5 Å². The molecule has 6 rings (SSSR count). The Labute approximate surface area is 225 Å². The number of fused-ring (bicyclic) bond motifs is 1. The summed E-state index contributed by atoms with van der Waals surface area (Å²) in [5.74, 6) is 0.471. The van der Waals surface area contributed by atoms with Crippen molar-refractivity contribution < 1.29 is 9.59 Å². The molecule has 1 saturated heterocycles. The molecule has 0 aromatic carbocycles. The molecule has 2 aliphatic carbocycles. The molecule has 38 heavy (non-hydrogen) atoms. The maximum atomic E-state index is 13.1. The van der Waals surface area contributed by atoms with Gasteiger partial charge in [-0.05, 0) is 70.0 Å². The summed E-state index contributed by atoms with van der Waals surface area (Å²) >= 11 is 5.97. The van der Waals surface area contributed by atoms with Crippen LogP contribution in [-0.2, 0) is 4.79 Å². The first-order chi connectivity index (χ1) is 18.5.